The van der Waals surface area contributed by atoms with Crippen LogP contribution in [0, 0.1) is 0 Å². The second-order valence-electron chi connectivity index (χ2n) is 12.1. The Hall–Kier alpha value is -3.25. The standard InChI is InChI=1S/C30H41N7O3Si/c1-23-21-39-16-13-35(23)28-19-26(24-5-7-25(8-6-24)34-11-14-38-15-12-34)27-20-32-37(30(27)33-28)29-9-10-31-36(29)22-40-17-18-41(2,3)4/h5-10,19-20,23H,11-18,21-22H2,1-4H3/t23-/m1/s1. The lowest BCUT2D eigenvalue weighted by atomic mass is 10.0. The molecule has 3 aromatic heterocycles. The molecule has 41 heavy (non-hydrogen) atoms. The fraction of sp³-hybridized carbons (Fsp3) is 0.500. The maximum absolute atomic E-state index is 6.03. The maximum atomic E-state index is 6.03. The van der Waals surface area contributed by atoms with Gasteiger partial charge in [0.2, 0.25) is 0 Å². The molecule has 0 amide bonds. The van der Waals surface area contributed by atoms with E-state index >= 15 is 0 Å². The van der Waals surface area contributed by atoms with Crippen molar-refractivity contribution in [3.63, 3.8) is 0 Å². The number of anilines is 2. The zero-order valence-corrected chi connectivity index (χ0v) is 25.6. The van der Waals surface area contributed by atoms with Crippen molar-refractivity contribution in [3.8, 4) is 16.9 Å². The zero-order valence-electron chi connectivity index (χ0n) is 24.6. The van der Waals surface area contributed by atoms with Crippen LogP contribution in [0.2, 0.25) is 25.7 Å². The van der Waals surface area contributed by atoms with Crippen molar-refractivity contribution < 1.29 is 14.2 Å². The molecular weight excluding hydrogens is 534 g/mol. The third-order valence-corrected chi connectivity index (χ3v) is 9.57. The van der Waals surface area contributed by atoms with E-state index in [1.54, 1.807) is 6.20 Å². The number of aromatic nitrogens is 5. The highest BCUT2D eigenvalue weighted by atomic mass is 28.3. The summed E-state index contributed by atoms with van der Waals surface area (Å²) in [6, 6.07) is 14.4. The van der Waals surface area contributed by atoms with Gasteiger partial charge in [-0.1, -0.05) is 31.8 Å². The largest absolute Gasteiger partial charge is 0.378 e. The molecule has 0 unspecified atom stereocenters. The van der Waals surface area contributed by atoms with Gasteiger partial charge in [-0.25, -0.2) is 9.67 Å². The summed E-state index contributed by atoms with van der Waals surface area (Å²) in [5.41, 5.74) is 4.27. The van der Waals surface area contributed by atoms with E-state index < -0.39 is 8.07 Å². The van der Waals surface area contributed by atoms with Crippen LogP contribution in [-0.4, -0.2) is 91.3 Å². The molecule has 1 aromatic carbocycles. The zero-order chi connectivity index (χ0) is 28.4. The average molecular weight is 576 g/mol. The molecule has 1 atom stereocenters. The fourth-order valence-electron chi connectivity index (χ4n) is 5.42. The van der Waals surface area contributed by atoms with E-state index in [0.717, 1.165) is 79.3 Å². The summed E-state index contributed by atoms with van der Waals surface area (Å²) in [5.74, 6) is 1.76. The molecule has 2 aliphatic rings. The van der Waals surface area contributed by atoms with Gasteiger partial charge in [0.05, 0.1) is 44.9 Å². The summed E-state index contributed by atoms with van der Waals surface area (Å²) in [7, 11) is -1.17. The smallest absolute Gasteiger partial charge is 0.167 e. The first-order valence-electron chi connectivity index (χ1n) is 14.6. The second-order valence-corrected chi connectivity index (χ2v) is 17.7. The van der Waals surface area contributed by atoms with Crippen LogP contribution in [-0.2, 0) is 20.9 Å². The number of hydrogen-bond donors (Lipinski definition) is 0. The lowest BCUT2D eigenvalue weighted by Crippen LogP contribution is -2.44. The molecule has 0 bridgehead atoms. The van der Waals surface area contributed by atoms with Crippen LogP contribution in [0.4, 0.5) is 11.5 Å². The first-order chi connectivity index (χ1) is 19.9. The number of ether oxygens (including phenoxy) is 3. The molecule has 0 spiro atoms. The van der Waals surface area contributed by atoms with E-state index in [-0.39, 0.29) is 6.04 Å². The molecule has 2 aliphatic heterocycles. The normalized spacial score (nSPS) is 18.4. The number of pyridine rings is 1. The summed E-state index contributed by atoms with van der Waals surface area (Å²) in [5, 5.41) is 10.4. The number of morpholine rings is 2. The Morgan fingerprint density at radius 1 is 0.976 bits per heavy atom. The van der Waals surface area contributed by atoms with Gasteiger partial charge >= 0.3 is 0 Å². The van der Waals surface area contributed by atoms with Gasteiger partial charge in [0.25, 0.3) is 0 Å². The van der Waals surface area contributed by atoms with Crippen molar-refractivity contribution in [1.29, 1.82) is 0 Å². The quantitative estimate of drug-likeness (QED) is 0.211. The van der Waals surface area contributed by atoms with E-state index in [0.29, 0.717) is 19.9 Å². The van der Waals surface area contributed by atoms with Gasteiger partial charge in [-0.2, -0.15) is 14.9 Å². The van der Waals surface area contributed by atoms with E-state index in [9.17, 15) is 0 Å². The van der Waals surface area contributed by atoms with Gasteiger partial charge in [-0.15, -0.1) is 0 Å². The van der Waals surface area contributed by atoms with Crippen LogP contribution in [0.5, 0.6) is 0 Å². The molecule has 2 saturated heterocycles. The van der Waals surface area contributed by atoms with Crippen molar-refractivity contribution in [2.45, 2.75) is 45.4 Å². The topological polar surface area (TPSA) is 82.7 Å². The Balaban J connectivity index is 1.37. The molecule has 0 radical (unpaired) electrons. The van der Waals surface area contributed by atoms with Crippen LogP contribution in [0.3, 0.4) is 0 Å². The molecule has 4 aromatic rings. The molecule has 0 aliphatic carbocycles. The van der Waals surface area contributed by atoms with Gasteiger partial charge in [0.1, 0.15) is 12.5 Å². The van der Waals surface area contributed by atoms with Crippen molar-refractivity contribution in [3.05, 3.63) is 48.8 Å². The Morgan fingerprint density at radius 2 is 1.76 bits per heavy atom. The number of fused-ring (bicyclic) bond motifs is 1. The van der Waals surface area contributed by atoms with E-state index in [1.807, 2.05) is 21.6 Å². The van der Waals surface area contributed by atoms with E-state index in [2.05, 4.69) is 71.8 Å². The van der Waals surface area contributed by atoms with Crippen LogP contribution < -0.4 is 9.80 Å². The predicted molar refractivity (Wildman–Crippen MR) is 165 cm³/mol. The lowest BCUT2D eigenvalue weighted by Gasteiger charge is -2.34. The van der Waals surface area contributed by atoms with E-state index in [4.69, 9.17) is 24.3 Å². The predicted octanol–water partition coefficient (Wildman–Crippen LogP) is 4.66. The van der Waals surface area contributed by atoms with Crippen molar-refractivity contribution in [1.82, 2.24) is 24.5 Å². The number of hydrogen-bond acceptors (Lipinski definition) is 8. The average Bonchev–Trinajstić information content (AvgIpc) is 3.62. The molecular formula is C30H41N7O3Si. The van der Waals surface area contributed by atoms with Gasteiger partial charge in [-0.3, -0.25) is 0 Å². The van der Waals surface area contributed by atoms with Crippen LogP contribution >= 0.6 is 0 Å². The highest BCUT2D eigenvalue weighted by Crippen LogP contribution is 2.34. The van der Waals surface area contributed by atoms with Gasteiger partial charge in [-0.05, 0) is 42.3 Å². The first-order valence-corrected chi connectivity index (χ1v) is 18.3. The van der Waals surface area contributed by atoms with Crippen LogP contribution in [0.15, 0.2) is 48.8 Å². The summed E-state index contributed by atoms with van der Waals surface area (Å²) in [4.78, 5) is 9.90. The third-order valence-electron chi connectivity index (χ3n) is 7.87. The van der Waals surface area contributed by atoms with Crippen LogP contribution in [0.25, 0.3) is 28.0 Å². The molecule has 2 fully saturated rings. The van der Waals surface area contributed by atoms with Crippen molar-refractivity contribution >= 4 is 30.6 Å². The summed E-state index contributed by atoms with van der Waals surface area (Å²) >= 11 is 0. The minimum atomic E-state index is -1.17. The minimum absolute atomic E-state index is 0.229. The highest BCUT2D eigenvalue weighted by molar-refractivity contribution is 6.76. The molecule has 10 nitrogen and oxygen atoms in total. The Labute approximate surface area is 242 Å². The molecule has 5 heterocycles. The first kappa shape index (κ1) is 27.9. The van der Waals surface area contributed by atoms with Crippen molar-refractivity contribution in [2.75, 3.05) is 62.5 Å². The Kier molecular flexibility index (Phi) is 8.11. The second kappa shape index (κ2) is 11.9. The number of benzene rings is 1. The van der Waals surface area contributed by atoms with Gasteiger partial charge in [0.15, 0.2) is 11.5 Å². The minimum Gasteiger partial charge on any atom is -0.378 e. The molecule has 218 valence electrons. The molecule has 0 N–H and O–H groups in total. The highest BCUT2D eigenvalue weighted by Gasteiger charge is 2.24. The monoisotopic (exact) mass is 575 g/mol. The summed E-state index contributed by atoms with van der Waals surface area (Å²) in [6.07, 6.45) is 3.72. The van der Waals surface area contributed by atoms with Gasteiger partial charge in [0, 0.05) is 51.5 Å². The fourth-order valence-corrected chi connectivity index (χ4v) is 6.17. The van der Waals surface area contributed by atoms with E-state index in [1.165, 1.54) is 5.69 Å². The lowest BCUT2D eigenvalue weighted by molar-refractivity contribution is 0.0782. The number of nitrogens with zero attached hydrogens (tertiary/aromatic N) is 7. The Morgan fingerprint density at radius 3 is 2.51 bits per heavy atom. The molecule has 0 saturated carbocycles. The van der Waals surface area contributed by atoms with Crippen LogP contribution in [0.1, 0.15) is 6.92 Å². The summed E-state index contributed by atoms with van der Waals surface area (Å²) < 4.78 is 21.1. The molecule has 6 rings (SSSR count). The van der Waals surface area contributed by atoms with Crippen molar-refractivity contribution in [2.24, 2.45) is 0 Å². The maximum Gasteiger partial charge on any atom is 0.167 e. The SMILES string of the molecule is C[C@@H]1COCCN1c1cc(-c2ccc(N3CCOCC3)cc2)c2cnn(-c3ccnn3COCC[Si](C)(C)C)c2n1. The third kappa shape index (κ3) is 6.18. The number of rotatable bonds is 9. The molecule has 11 heteroatoms. The van der Waals surface area contributed by atoms with Gasteiger partial charge < -0.3 is 24.0 Å². The summed E-state index contributed by atoms with van der Waals surface area (Å²) in [6.45, 7) is 15.9. The Bertz CT molecular complexity index is 1460.